The Hall–Kier alpha value is -1.61. The first-order chi connectivity index (χ1) is 6.95. The molecule has 78 valence electrons. The zero-order valence-corrected chi connectivity index (χ0v) is 9.08. The number of rotatable bonds is 3. The smallest absolute Gasteiger partial charge is 0.319 e. The van der Waals surface area contributed by atoms with E-state index in [1.54, 1.807) is 19.9 Å². The van der Waals surface area contributed by atoms with E-state index in [2.05, 4.69) is 10.2 Å². The molecule has 0 aliphatic carbocycles. The third-order valence-corrected chi connectivity index (χ3v) is 2.74. The van der Waals surface area contributed by atoms with Gasteiger partial charge in [0.05, 0.1) is 0 Å². The molecule has 0 unspecified atom stereocenters. The minimum atomic E-state index is -0.956. The van der Waals surface area contributed by atoms with E-state index in [0.717, 1.165) is 11.8 Å². The van der Waals surface area contributed by atoms with Crippen LogP contribution in [0.1, 0.15) is 19.5 Å². The summed E-state index contributed by atoms with van der Waals surface area (Å²) in [4.78, 5) is 10.8. The fourth-order valence-corrected chi connectivity index (χ4v) is 1.57. The summed E-state index contributed by atoms with van der Waals surface area (Å²) in [6.45, 7) is 3.17. The maximum absolute atomic E-state index is 10.8. The van der Waals surface area contributed by atoms with Crippen molar-refractivity contribution in [3.05, 3.63) is 17.8 Å². The van der Waals surface area contributed by atoms with Crippen LogP contribution < -0.4 is 0 Å². The van der Waals surface area contributed by atoms with Crippen molar-refractivity contribution in [3.8, 4) is 6.07 Å². The number of hydrogen-bond acceptors (Lipinski definition) is 5. The Morgan fingerprint density at radius 1 is 1.53 bits per heavy atom. The van der Waals surface area contributed by atoms with E-state index in [-0.39, 0.29) is 5.69 Å². The Kier molecular flexibility index (Phi) is 3.27. The maximum atomic E-state index is 10.8. The molecule has 0 aromatic carbocycles. The van der Waals surface area contributed by atoms with E-state index >= 15 is 0 Å². The van der Waals surface area contributed by atoms with Crippen LogP contribution in [0.25, 0.3) is 0 Å². The summed E-state index contributed by atoms with van der Waals surface area (Å²) in [7, 11) is 0. The molecule has 1 rings (SSSR count). The summed E-state index contributed by atoms with van der Waals surface area (Å²) < 4.78 is -0.956. The summed E-state index contributed by atoms with van der Waals surface area (Å²) in [5.74, 6) is -0.918. The van der Waals surface area contributed by atoms with E-state index in [4.69, 9.17) is 10.4 Å². The SMILES string of the molecule is CC(C)(Sc1ccc(C#N)nn1)C(=O)O. The van der Waals surface area contributed by atoms with E-state index in [1.165, 1.54) is 6.07 Å². The van der Waals surface area contributed by atoms with Gasteiger partial charge in [-0.25, -0.2) is 0 Å². The van der Waals surface area contributed by atoms with Crippen molar-refractivity contribution in [2.24, 2.45) is 0 Å². The van der Waals surface area contributed by atoms with Crippen LogP contribution in [0.3, 0.4) is 0 Å². The Balaban J connectivity index is 2.83. The van der Waals surface area contributed by atoms with Gasteiger partial charge in [-0.1, -0.05) is 11.8 Å². The van der Waals surface area contributed by atoms with Crippen molar-refractivity contribution < 1.29 is 9.90 Å². The molecule has 0 bridgehead atoms. The number of nitrogens with zero attached hydrogens (tertiary/aromatic N) is 3. The topological polar surface area (TPSA) is 86.9 Å². The van der Waals surface area contributed by atoms with Crippen LogP contribution >= 0.6 is 11.8 Å². The van der Waals surface area contributed by atoms with Crippen LogP contribution in [0.2, 0.25) is 0 Å². The van der Waals surface area contributed by atoms with Crippen LogP contribution in [0.4, 0.5) is 0 Å². The highest BCUT2D eigenvalue weighted by molar-refractivity contribution is 8.01. The first-order valence-corrected chi connectivity index (χ1v) is 4.93. The molecule has 1 N–H and O–H groups in total. The molecule has 1 heterocycles. The molecule has 0 aliphatic heterocycles. The molecule has 0 saturated heterocycles. The van der Waals surface area contributed by atoms with Gasteiger partial charge in [0, 0.05) is 0 Å². The van der Waals surface area contributed by atoms with Crippen LogP contribution in [-0.2, 0) is 4.79 Å². The molecule has 0 spiro atoms. The highest BCUT2D eigenvalue weighted by atomic mass is 32.2. The van der Waals surface area contributed by atoms with Gasteiger partial charge in [-0.3, -0.25) is 4.79 Å². The van der Waals surface area contributed by atoms with E-state index in [1.807, 2.05) is 6.07 Å². The molecule has 0 atom stereocenters. The average molecular weight is 223 g/mol. The van der Waals surface area contributed by atoms with Gasteiger partial charge in [-0.05, 0) is 26.0 Å². The third-order valence-electron chi connectivity index (χ3n) is 1.63. The number of aliphatic carboxylic acids is 1. The lowest BCUT2D eigenvalue weighted by Gasteiger charge is -2.16. The number of carboxylic acids is 1. The molecule has 6 heteroatoms. The molecule has 0 saturated carbocycles. The van der Waals surface area contributed by atoms with Crippen LogP contribution in [0.15, 0.2) is 17.2 Å². The fourth-order valence-electron chi connectivity index (χ4n) is 0.739. The molecule has 0 radical (unpaired) electrons. The maximum Gasteiger partial charge on any atom is 0.319 e. The van der Waals surface area contributed by atoms with Gasteiger partial charge in [0.25, 0.3) is 0 Å². The summed E-state index contributed by atoms with van der Waals surface area (Å²) >= 11 is 1.09. The lowest BCUT2D eigenvalue weighted by atomic mass is 10.2. The van der Waals surface area contributed by atoms with E-state index in [0.29, 0.717) is 5.03 Å². The van der Waals surface area contributed by atoms with Gasteiger partial charge in [-0.15, -0.1) is 10.2 Å². The third kappa shape index (κ3) is 2.92. The van der Waals surface area contributed by atoms with Crippen molar-refractivity contribution >= 4 is 17.7 Å². The first kappa shape index (κ1) is 11.5. The molecule has 15 heavy (non-hydrogen) atoms. The van der Waals surface area contributed by atoms with Crippen molar-refractivity contribution in [1.29, 1.82) is 5.26 Å². The molecule has 5 nitrogen and oxygen atoms in total. The molecule has 0 amide bonds. The van der Waals surface area contributed by atoms with Gasteiger partial charge in [0.1, 0.15) is 15.8 Å². The minimum Gasteiger partial charge on any atom is -0.480 e. The summed E-state index contributed by atoms with van der Waals surface area (Å²) in [6.07, 6.45) is 0. The average Bonchev–Trinajstić information content (AvgIpc) is 2.18. The van der Waals surface area contributed by atoms with Gasteiger partial charge >= 0.3 is 5.97 Å². The molecule has 0 aliphatic rings. The van der Waals surface area contributed by atoms with Gasteiger partial charge in [0.15, 0.2) is 5.69 Å². The Morgan fingerprint density at radius 3 is 2.60 bits per heavy atom. The van der Waals surface area contributed by atoms with Gasteiger partial charge in [0.2, 0.25) is 0 Å². The Labute approximate surface area is 91.1 Å². The lowest BCUT2D eigenvalue weighted by molar-refractivity contribution is -0.138. The normalized spacial score (nSPS) is 10.7. The number of thioether (sulfide) groups is 1. The summed E-state index contributed by atoms with van der Waals surface area (Å²) in [5, 5.41) is 25.2. The second kappa shape index (κ2) is 4.28. The van der Waals surface area contributed by atoms with Crippen molar-refractivity contribution in [2.75, 3.05) is 0 Å². The number of carboxylic acid groups (broad SMARTS) is 1. The number of carbonyl (C=O) groups is 1. The molecular weight excluding hydrogens is 214 g/mol. The summed E-state index contributed by atoms with van der Waals surface area (Å²) in [5.41, 5.74) is 0.215. The van der Waals surface area contributed by atoms with Crippen LogP contribution in [0, 0.1) is 11.3 Å². The monoisotopic (exact) mass is 223 g/mol. The summed E-state index contributed by atoms with van der Waals surface area (Å²) in [6, 6.07) is 4.93. The second-order valence-electron chi connectivity index (χ2n) is 3.29. The predicted octanol–water partition coefficient (Wildman–Crippen LogP) is 1.30. The molecule has 1 aromatic heterocycles. The predicted molar refractivity (Wildman–Crippen MR) is 54.3 cm³/mol. The lowest BCUT2D eigenvalue weighted by Crippen LogP contribution is -2.27. The zero-order valence-electron chi connectivity index (χ0n) is 8.26. The van der Waals surface area contributed by atoms with E-state index in [9.17, 15) is 4.79 Å². The zero-order chi connectivity index (χ0) is 11.5. The Bertz CT molecular complexity index is 408. The molecule has 0 fully saturated rings. The largest absolute Gasteiger partial charge is 0.480 e. The van der Waals surface area contributed by atoms with Gasteiger partial charge in [-0.2, -0.15) is 5.26 Å². The standard InChI is InChI=1S/C9H9N3O2S/c1-9(2,8(13)14)15-7-4-3-6(5-10)11-12-7/h3-4H,1-2H3,(H,13,14). The van der Waals surface area contributed by atoms with Gasteiger partial charge < -0.3 is 5.11 Å². The molecular formula is C9H9N3O2S. The second-order valence-corrected chi connectivity index (χ2v) is 4.93. The quantitative estimate of drug-likeness (QED) is 0.777. The number of hydrogen-bond donors (Lipinski definition) is 1. The molecule has 1 aromatic rings. The van der Waals surface area contributed by atoms with Crippen molar-refractivity contribution in [3.63, 3.8) is 0 Å². The highest BCUT2D eigenvalue weighted by Gasteiger charge is 2.29. The van der Waals surface area contributed by atoms with E-state index < -0.39 is 10.7 Å². The highest BCUT2D eigenvalue weighted by Crippen LogP contribution is 2.30. The fraction of sp³-hybridized carbons (Fsp3) is 0.333. The van der Waals surface area contributed by atoms with Crippen molar-refractivity contribution in [1.82, 2.24) is 10.2 Å². The van der Waals surface area contributed by atoms with Crippen LogP contribution in [-0.4, -0.2) is 26.0 Å². The number of nitriles is 1. The van der Waals surface area contributed by atoms with Crippen molar-refractivity contribution in [2.45, 2.75) is 23.6 Å². The minimum absolute atomic E-state index is 0.215. The first-order valence-electron chi connectivity index (χ1n) is 4.12. The van der Waals surface area contributed by atoms with Crippen LogP contribution in [0.5, 0.6) is 0 Å². The number of aromatic nitrogens is 2. The Morgan fingerprint density at radius 2 is 2.20 bits per heavy atom.